The van der Waals surface area contributed by atoms with Gasteiger partial charge in [0.1, 0.15) is 5.76 Å². The van der Waals surface area contributed by atoms with Gasteiger partial charge in [-0.05, 0) is 12.8 Å². The van der Waals surface area contributed by atoms with Crippen molar-refractivity contribution in [3.8, 4) is 0 Å². The van der Waals surface area contributed by atoms with Gasteiger partial charge in [0.2, 0.25) is 0 Å². The van der Waals surface area contributed by atoms with Crippen LogP contribution in [0.1, 0.15) is 29.1 Å². The van der Waals surface area contributed by atoms with Crippen LogP contribution in [0, 0.1) is 6.92 Å². The standard InChI is InChI=1S/C9H10N2O2/c1-7-6-8(10-13-7)9(12)11-4-2-3-5-11/h1,6H,2-5H2. The second-order valence-electron chi connectivity index (χ2n) is 3.11. The predicted octanol–water partition coefficient (Wildman–Crippen LogP) is 0.970. The van der Waals surface area contributed by atoms with Crippen molar-refractivity contribution < 1.29 is 9.32 Å². The summed E-state index contributed by atoms with van der Waals surface area (Å²) in [6, 6.07) is 1.46. The lowest BCUT2D eigenvalue weighted by molar-refractivity contribution is 0.0782. The van der Waals surface area contributed by atoms with Crippen LogP contribution >= 0.6 is 0 Å². The number of amides is 1. The molecule has 0 bridgehead atoms. The molecule has 0 N–H and O–H groups in total. The maximum Gasteiger partial charge on any atom is 0.276 e. The highest BCUT2D eigenvalue weighted by atomic mass is 16.5. The summed E-state index contributed by atoms with van der Waals surface area (Å²) in [4.78, 5) is 13.4. The molecular formula is C9H10N2O2. The Bertz CT molecular complexity index is 313. The molecule has 1 fully saturated rings. The van der Waals surface area contributed by atoms with Crippen molar-refractivity contribution in [1.82, 2.24) is 10.1 Å². The summed E-state index contributed by atoms with van der Waals surface area (Å²) < 4.78 is 4.63. The topological polar surface area (TPSA) is 46.3 Å². The molecule has 1 aromatic heterocycles. The van der Waals surface area contributed by atoms with Crippen molar-refractivity contribution in [1.29, 1.82) is 0 Å². The number of carbonyl (C=O) groups is 1. The van der Waals surface area contributed by atoms with E-state index in [1.54, 1.807) is 4.90 Å². The van der Waals surface area contributed by atoms with Gasteiger partial charge in [0, 0.05) is 26.1 Å². The van der Waals surface area contributed by atoms with Gasteiger partial charge in [-0.1, -0.05) is 5.16 Å². The molecule has 1 aliphatic rings. The highest BCUT2D eigenvalue weighted by Crippen LogP contribution is 2.12. The average Bonchev–Trinajstić information content (AvgIpc) is 2.72. The molecule has 1 aliphatic heterocycles. The van der Waals surface area contributed by atoms with E-state index in [2.05, 4.69) is 9.68 Å². The maximum absolute atomic E-state index is 11.6. The zero-order valence-electron chi connectivity index (χ0n) is 7.19. The average molecular weight is 178 g/mol. The van der Waals surface area contributed by atoms with Crippen LogP contribution in [-0.4, -0.2) is 29.1 Å². The number of hydrogen-bond donors (Lipinski definition) is 0. The molecule has 0 spiro atoms. The van der Waals surface area contributed by atoms with Gasteiger partial charge in [-0.2, -0.15) is 0 Å². The molecule has 4 nitrogen and oxygen atoms in total. The predicted molar refractivity (Wildman–Crippen MR) is 45.0 cm³/mol. The Morgan fingerprint density at radius 1 is 1.54 bits per heavy atom. The summed E-state index contributed by atoms with van der Waals surface area (Å²) in [5, 5.41) is 3.57. The first-order valence-electron chi connectivity index (χ1n) is 4.29. The molecule has 13 heavy (non-hydrogen) atoms. The van der Waals surface area contributed by atoms with Crippen LogP contribution < -0.4 is 0 Å². The van der Waals surface area contributed by atoms with E-state index in [9.17, 15) is 4.79 Å². The normalized spacial score (nSPS) is 16.5. The Morgan fingerprint density at radius 2 is 2.23 bits per heavy atom. The summed E-state index contributed by atoms with van der Waals surface area (Å²) in [5.74, 6) is 0.0977. The van der Waals surface area contributed by atoms with Gasteiger partial charge in [0.05, 0.1) is 0 Å². The van der Waals surface area contributed by atoms with Gasteiger partial charge in [-0.25, -0.2) is 0 Å². The summed E-state index contributed by atoms with van der Waals surface area (Å²) >= 11 is 0. The minimum absolute atomic E-state index is 0.0852. The number of carbonyl (C=O) groups excluding carboxylic acids is 1. The van der Waals surface area contributed by atoms with E-state index in [-0.39, 0.29) is 11.7 Å². The van der Waals surface area contributed by atoms with Crippen molar-refractivity contribution in [2.24, 2.45) is 0 Å². The summed E-state index contributed by atoms with van der Waals surface area (Å²) in [5.41, 5.74) is 0.305. The lowest BCUT2D eigenvalue weighted by atomic mass is 10.3. The maximum atomic E-state index is 11.6. The van der Waals surface area contributed by atoms with E-state index in [1.807, 2.05) is 0 Å². The summed E-state index contributed by atoms with van der Waals surface area (Å²) in [6.45, 7) is 6.94. The van der Waals surface area contributed by atoms with Gasteiger partial charge < -0.3 is 9.42 Å². The Labute approximate surface area is 76.5 Å². The first-order valence-corrected chi connectivity index (χ1v) is 4.29. The molecule has 2 radical (unpaired) electrons. The van der Waals surface area contributed by atoms with Crippen LogP contribution in [0.25, 0.3) is 0 Å². The molecule has 0 saturated carbocycles. The minimum Gasteiger partial charge on any atom is -0.360 e. The van der Waals surface area contributed by atoms with Crippen LogP contribution in [-0.2, 0) is 0 Å². The zero-order chi connectivity index (χ0) is 9.26. The van der Waals surface area contributed by atoms with Crippen molar-refractivity contribution in [3.05, 3.63) is 24.4 Å². The lowest BCUT2D eigenvalue weighted by Gasteiger charge is -2.12. The van der Waals surface area contributed by atoms with Crippen LogP contribution in [0.5, 0.6) is 0 Å². The fourth-order valence-corrected chi connectivity index (χ4v) is 1.47. The van der Waals surface area contributed by atoms with Crippen molar-refractivity contribution in [2.45, 2.75) is 12.8 Å². The van der Waals surface area contributed by atoms with E-state index < -0.39 is 0 Å². The molecule has 0 aliphatic carbocycles. The third-order valence-corrected chi connectivity index (χ3v) is 2.14. The molecule has 2 heterocycles. The molecule has 1 saturated heterocycles. The Balaban J connectivity index is 2.12. The first-order chi connectivity index (χ1) is 6.27. The molecule has 0 atom stereocenters. The monoisotopic (exact) mass is 178 g/mol. The largest absolute Gasteiger partial charge is 0.360 e. The smallest absolute Gasteiger partial charge is 0.276 e. The van der Waals surface area contributed by atoms with E-state index in [1.165, 1.54) is 6.07 Å². The van der Waals surface area contributed by atoms with Crippen molar-refractivity contribution in [2.75, 3.05) is 13.1 Å². The number of likely N-dealkylation sites (tertiary alicyclic amines) is 1. The molecule has 1 amide bonds. The minimum atomic E-state index is -0.0852. The van der Waals surface area contributed by atoms with Gasteiger partial charge in [0.15, 0.2) is 5.69 Å². The molecular weight excluding hydrogens is 168 g/mol. The van der Waals surface area contributed by atoms with Crippen LogP contribution in [0.3, 0.4) is 0 Å². The van der Waals surface area contributed by atoms with E-state index in [0.29, 0.717) is 5.69 Å². The first kappa shape index (κ1) is 8.29. The van der Waals surface area contributed by atoms with E-state index >= 15 is 0 Å². The second kappa shape index (κ2) is 3.20. The molecule has 2 rings (SSSR count). The fraction of sp³-hybridized carbons (Fsp3) is 0.444. The number of rotatable bonds is 1. The molecule has 1 aromatic rings. The number of nitrogens with zero attached hydrogens (tertiary/aromatic N) is 2. The Hall–Kier alpha value is -1.32. The fourth-order valence-electron chi connectivity index (χ4n) is 1.47. The molecule has 0 unspecified atom stereocenters. The SMILES string of the molecule is [CH]c1cc(C(=O)N2CCCC2)no1. The van der Waals surface area contributed by atoms with Gasteiger partial charge in [-0.3, -0.25) is 4.79 Å². The molecule has 68 valence electrons. The molecule has 0 aromatic carbocycles. The number of hydrogen-bond acceptors (Lipinski definition) is 3. The summed E-state index contributed by atoms with van der Waals surface area (Å²) in [6.07, 6.45) is 2.14. The summed E-state index contributed by atoms with van der Waals surface area (Å²) in [7, 11) is 0. The van der Waals surface area contributed by atoms with E-state index in [0.717, 1.165) is 25.9 Å². The van der Waals surface area contributed by atoms with Crippen molar-refractivity contribution in [3.63, 3.8) is 0 Å². The highest BCUT2D eigenvalue weighted by molar-refractivity contribution is 5.92. The number of aromatic nitrogens is 1. The quantitative estimate of drug-likeness (QED) is 0.643. The Morgan fingerprint density at radius 3 is 2.77 bits per heavy atom. The zero-order valence-corrected chi connectivity index (χ0v) is 7.19. The van der Waals surface area contributed by atoms with Gasteiger partial charge in [0.25, 0.3) is 5.91 Å². The van der Waals surface area contributed by atoms with Crippen LogP contribution in [0.15, 0.2) is 10.6 Å². The Kier molecular flexibility index (Phi) is 2.04. The highest BCUT2D eigenvalue weighted by Gasteiger charge is 2.21. The van der Waals surface area contributed by atoms with Gasteiger partial charge in [-0.15, -0.1) is 0 Å². The lowest BCUT2D eigenvalue weighted by Crippen LogP contribution is -2.27. The molecule has 4 heteroatoms. The third kappa shape index (κ3) is 1.56. The third-order valence-electron chi connectivity index (χ3n) is 2.14. The second-order valence-corrected chi connectivity index (χ2v) is 3.11. The van der Waals surface area contributed by atoms with Gasteiger partial charge >= 0.3 is 0 Å². The van der Waals surface area contributed by atoms with Crippen LogP contribution in [0.4, 0.5) is 0 Å². The van der Waals surface area contributed by atoms with E-state index in [4.69, 9.17) is 6.92 Å². The van der Waals surface area contributed by atoms with Crippen molar-refractivity contribution >= 4 is 5.91 Å². The van der Waals surface area contributed by atoms with Crippen LogP contribution in [0.2, 0.25) is 0 Å².